The smallest absolute Gasteiger partial charge is 0.390 e. The minimum absolute atomic E-state index is 0.00186. The molecule has 0 atom stereocenters. The van der Waals surface area contributed by atoms with Crippen molar-refractivity contribution in [2.24, 2.45) is 0 Å². The zero-order valence-electron chi connectivity index (χ0n) is 44.4. The van der Waals surface area contributed by atoms with Crippen molar-refractivity contribution in [2.75, 3.05) is 40.6 Å². The summed E-state index contributed by atoms with van der Waals surface area (Å²) < 4.78 is 227. The molecule has 0 fully saturated rings. The van der Waals surface area contributed by atoms with Crippen LogP contribution < -0.4 is 0 Å². The summed E-state index contributed by atoms with van der Waals surface area (Å²) in [4.78, 5) is -2.62. The molecule has 0 aliphatic heterocycles. The van der Waals surface area contributed by atoms with Crippen LogP contribution in [-0.4, -0.2) is 107 Å². The fraction of sp³-hybridized carbons (Fsp3) is 0.510. The zero-order chi connectivity index (χ0) is 59.8. The van der Waals surface area contributed by atoms with Gasteiger partial charge in [-0.1, -0.05) is 47.5 Å². The molecule has 4 aromatic carbocycles. The standard InChI is InChI=1S/C13H20O4S.C12H13F5O4S.C12H15F3O4S.C12H18O4S/c1-11-5-7-12(8-6-11)18(14,15)17-10-9-13(2,3)16-4;1-12(2,20-3)4-5-21-22(18,19)11-9(16)7(14)6(13)8(15)10(11)17;1-11(2,16)7-8-19-20(17,18)10-6-4-3-5-9(10)12(13,14)15;1-10-4-6-11(7-5-10)17(14,15)16-9-8-12(2,3)13/h5-8H,9-10H2,1-4H3;4-5H2,1-3H3;3-6,16H,7-8H2,1-2H3;4-7,13H,8-9H2,1-3H3. The number of hydrogen-bond acceptors (Lipinski definition) is 16. The van der Waals surface area contributed by atoms with E-state index in [0.29, 0.717) is 12.5 Å². The molecule has 2 N–H and O–H groups in total. The molecule has 28 heteroatoms. The van der Waals surface area contributed by atoms with Crippen LogP contribution in [0.15, 0.2) is 92.4 Å². The van der Waals surface area contributed by atoms with Crippen LogP contribution in [0.25, 0.3) is 0 Å². The molecule has 0 amide bonds. The van der Waals surface area contributed by atoms with Crippen LogP contribution in [-0.2, 0) is 72.9 Å². The van der Waals surface area contributed by atoms with E-state index in [1.807, 2.05) is 27.7 Å². The summed E-state index contributed by atoms with van der Waals surface area (Å²) in [6, 6.07) is 16.8. The van der Waals surface area contributed by atoms with E-state index in [2.05, 4.69) is 8.37 Å². The monoisotopic (exact) mass is 1190 g/mol. The summed E-state index contributed by atoms with van der Waals surface area (Å²) in [5.41, 5.74) is -2.56. The Morgan fingerprint density at radius 3 is 1.05 bits per heavy atom. The first-order chi connectivity index (χ1) is 34.9. The molecule has 0 saturated heterocycles. The van der Waals surface area contributed by atoms with Crippen LogP contribution >= 0.6 is 0 Å². The van der Waals surface area contributed by atoms with Gasteiger partial charge in [-0.2, -0.15) is 46.8 Å². The van der Waals surface area contributed by atoms with Crippen molar-refractivity contribution in [2.45, 2.75) is 143 Å². The number of benzene rings is 4. The Hall–Kier alpha value is -4.20. The maximum absolute atomic E-state index is 13.4. The van der Waals surface area contributed by atoms with E-state index in [0.717, 1.165) is 23.3 Å². The van der Waals surface area contributed by atoms with Gasteiger partial charge in [0.15, 0.2) is 28.2 Å². The molecular weight excluding hydrogens is 1120 g/mol. The molecule has 16 nitrogen and oxygen atoms in total. The van der Waals surface area contributed by atoms with E-state index in [1.165, 1.54) is 39.2 Å². The van der Waals surface area contributed by atoms with Crippen LogP contribution in [0.3, 0.4) is 0 Å². The Morgan fingerprint density at radius 1 is 0.429 bits per heavy atom. The van der Waals surface area contributed by atoms with Gasteiger partial charge in [0.25, 0.3) is 30.4 Å². The summed E-state index contributed by atoms with van der Waals surface area (Å²) in [6.45, 7) is 15.9. The molecule has 0 aromatic heterocycles. The summed E-state index contributed by atoms with van der Waals surface area (Å²) >= 11 is 0. The summed E-state index contributed by atoms with van der Waals surface area (Å²) in [5, 5.41) is 18.9. The van der Waals surface area contributed by atoms with Gasteiger partial charge in [-0.05, 0) is 106 Å². The number of halogens is 8. The lowest BCUT2D eigenvalue weighted by Crippen LogP contribution is -2.25. The second kappa shape index (κ2) is 28.8. The highest BCUT2D eigenvalue weighted by atomic mass is 32.2. The molecule has 0 heterocycles. The molecule has 0 aliphatic rings. The maximum Gasteiger partial charge on any atom is 0.417 e. The van der Waals surface area contributed by atoms with Gasteiger partial charge in [0.2, 0.25) is 5.82 Å². The quantitative estimate of drug-likeness (QED) is 0.0322. The van der Waals surface area contributed by atoms with Crippen molar-refractivity contribution in [3.05, 3.63) is 119 Å². The number of aryl methyl sites for hydroxylation is 2. The predicted molar refractivity (Wildman–Crippen MR) is 266 cm³/mol. The fourth-order valence-corrected chi connectivity index (χ4v) is 9.18. The van der Waals surface area contributed by atoms with Crippen LogP contribution in [0.4, 0.5) is 35.1 Å². The van der Waals surface area contributed by atoms with Crippen LogP contribution in [0.5, 0.6) is 0 Å². The average molecular weight is 1190 g/mol. The number of aliphatic hydroxyl groups is 2. The minimum Gasteiger partial charge on any atom is -0.390 e. The van der Waals surface area contributed by atoms with Gasteiger partial charge in [0.1, 0.15) is 4.90 Å². The molecule has 0 aliphatic carbocycles. The van der Waals surface area contributed by atoms with Gasteiger partial charge in [0, 0.05) is 39.9 Å². The predicted octanol–water partition coefficient (Wildman–Crippen LogP) is 9.85. The number of methoxy groups -OCH3 is 2. The lowest BCUT2D eigenvalue weighted by molar-refractivity contribution is -0.140. The summed E-state index contributed by atoms with van der Waals surface area (Å²) in [5.74, 6) is -12.1. The number of hydrogen-bond donors (Lipinski definition) is 2. The molecule has 0 bridgehead atoms. The van der Waals surface area contributed by atoms with Crippen molar-refractivity contribution in [1.82, 2.24) is 0 Å². The van der Waals surface area contributed by atoms with E-state index in [9.17, 15) is 79.0 Å². The SMILES string of the molecule is CC(C)(O)CCOS(=O)(=O)c1ccccc1C(F)(F)F.COC(C)(C)CCOS(=O)(=O)c1c(F)c(F)c(F)c(F)c1F.COC(C)(C)CCOS(=O)(=O)c1ccc(C)cc1.Cc1ccc(S(=O)(=O)OCCC(C)(C)O)cc1. The first-order valence-electron chi connectivity index (χ1n) is 22.8. The van der Waals surface area contributed by atoms with Gasteiger partial charge in [-0.3, -0.25) is 16.7 Å². The largest absolute Gasteiger partial charge is 0.417 e. The van der Waals surface area contributed by atoms with Crippen LogP contribution in [0.1, 0.15) is 97.8 Å². The highest BCUT2D eigenvalue weighted by Gasteiger charge is 2.38. The van der Waals surface area contributed by atoms with Crippen molar-refractivity contribution >= 4 is 40.5 Å². The Labute approximate surface area is 446 Å². The third-order valence-electron chi connectivity index (χ3n) is 10.4. The second-order valence-corrected chi connectivity index (χ2v) is 25.5. The lowest BCUT2D eigenvalue weighted by atomic mass is 10.1. The van der Waals surface area contributed by atoms with Gasteiger partial charge in [0.05, 0.1) is 64.2 Å². The Balaban J connectivity index is 0.000000516. The Kier molecular flexibility index (Phi) is 26.5. The van der Waals surface area contributed by atoms with Crippen molar-refractivity contribution in [3.63, 3.8) is 0 Å². The molecular formula is C49H66F8O16S4. The molecule has 0 spiro atoms. The first-order valence-corrected chi connectivity index (χ1v) is 28.4. The lowest BCUT2D eigenvalue weighted by Gasteiger charge is -2.22. The molecule has 0 unspecified atom stereocenters. The Morgan fingerprint density at radius 2 is 0.727 bits per heavy atom. The molecule has 0 saturated carbocycles. The number of alkyl halides is 3. The topological polar surface area (TPSA) is 232 Å². The number of rotatable bonds is 22. The molecule has 77 heavy (non-hydrogen) atoms. The van der Waals surface area contributed by atoms with E-state index >= 15 is 0 Å². The highest BCUT2D eigenvalue weighted by Crippen LogP contribution is 2.35. The minimum atomic E-state index is -5.17. The third-order valence-corrected chi connectivity index (χ3v) is 15.8. The number of ether oxygens (including phenoxy) is 2. The van der Waals surface area contributed by atoms with Gasteiger partial charge >= 0.3 is 16.3 Å². The maximum atomic E-state index is 13.4. The molecule has 0 radical (unpaired) electrons. The van der Waals surface area contributed by atoms with Crippen LogP contribution in [0.2, 0.25) is 0 Å². The van der Waals surface area contributed by atoms with E-state index in [-0.39, 0.29) is 47.9 Å². The van der Waals surface area contributed by atoms with E-state index in [1.54, 1.807) is 71.2 Å². The normalized spacial score (nSPS) is 12.9. The third kappa shape index (κ3) is 24.8. The molecule has 438 valence electrons. The first kappa shape index (κ1) is 70.8. The summed E-state index contributed by atoms with van der Waals surface area (Å²) in [7, 11) is -14.1. The zero-order valence-corrected chi connectivity index (χ0v) is 47.6. The summed E-state index contributed by atoms with van der Waals surface area (Å²) in [6.07, 6.45) is -4.05. The molecule has 4 rings (SSSR count). The average Bonchev–Trinajstić information content (AvgIpc) is 3.29. The van der Waals surface area contributed by atoms with Crippen LogP contribution in [0, 0.1) is 42.9 Å². The van der Waals surface area contributed by atoms with E-state index < -0.39 is 121 Å². The fourth-order valence-electron chi connectivity index (χ4n) is 5.19. The molecule has 4 aromatic rings. The van der Waals surface area contributed by atoms with E-state index in [4.69, 9.17) is 17.8 Å². The Bertz CT molecular complexity index is 2950. The van der Waals surface area contributed by atoms with Crippen molar-refractivity contribution in [3.8, 4) is 0 Å². The second-order valence-electron chi connectivity index (χ2n) is 19.2. The van der Waals surface area contributed by atoms with Crippen molar-refractivity contribution < 1.29 is 105 Å². The highest BCUT2D eigenvalue weighted by molar-refractivity contribution is 7.87. The van der Waals surface area contributed by atoms with Crippen molar-refractivity contribution in [1.29, 1.82) is 0 Å². The van der Waals surface area contributed by atoms with Gasteiger partial charge in [-0.15, -0.1) is 0 Å². The van der Waals surface area contributed by atoms with Gasteiger partial charge in [-0.25, -0.2) is 22.0 Å². The van der Waals surface area contributed by atoms with Gasteiger partial charge < -0.3 is 19.7 Å².